The molecule has 0 aliphatic carbocycles. The maximum atomic E-state index is 12.8. The van der Waals surface area contributed by atoms with Crippen LogP contribution < -0.4 is 14.8 Å². The minimum absolute atomic E-state index is 0.168. The van der Waals surface area contributed by atoms with Crippen molar-refractivity contribution in [2.75, 3.05) is 18.5 Å². The normalized spacial score (nSPS) is 13.3. The maximum Gasteiger partial charge on any atom is 0.259 e. The van der Waals surface area contributed by atoms with Crippen molar-refractivity contribution in [3.8, 4) is 11.5 Å². The lowest BCUT2D eigenvalue weighted by molar-refractivity contribution is 0.102. The summed E-state index contributed by atoms with van der Waals surface area (Å²) in [6.07, 6.45) is 1.84. The van der Waals surface area contributed by atoms with E-state index in [-0.39, 0.29) is 5.91 Å². The first-order valence-corrected chi connectivity index (χ1v) is 9.06. The SMILES string of the molecule is Cn1cc(C(=O)Nc2nc3cc4c(cc3s2)OCCO4)c2ccccc21. The molecule has 26 heavy (non-hydrogen) atoms. The standard InChI is InChI=1S/C19H15N3O3S/c1-22-10-12(11-4-2-3-5-14(11)22)18(23)21-19-20-13-8-15-16(9-17(13)26-19)25-7-6-24-15/h2-5,8-10H,6-7H2,1H3,(H,20,21,23). The number of benzene rings is 2. The van der Waals surface area contributed by atoms with Crippen LogP contribution in [0.2, 0.25) is 0 Å². The minimum atomic E-state index is -0.168. The van der Waals surface area contributed by atoms with Gasteiger partial charge in [0.1, 0.15) is 13.2 Å². The molecule has 0 spiro atoms. The van der Waals surface area contributed by atoms with Gasteiger partial charge in [-0.15, -0.1) is 0 Å². The van der Waals surface area contributed by atoms with Crippen molar-refractivity contribution in [1.82, 2.24) is 9.55 Å². The molecule has 1 N–H and O–H groups in total. The lowest BCUT2D eigenvalue weighted by atomic mass is 10.1. The fourth-order valence-corrected chi connectivity index (χ4v) is 4.08. The molecule has 4 aromatic rings. The van der Waals surface area contributed by atoms with Crippen molar-refractivity contribution in [3.63, 3.8) is 0 Å². The van der Waals surface area contributed by atoms with Crippen LogP contribution in [0.5, 0.6) is 11.5 Å². The second-order valence-corrected chi connectivity index (χ2v) is 7.14. The van der Waals surface area contributed by atoms with Crippen molar-refractivity contribution in [2.24, 2.45) is 7.05 Å². The molecule has 2 aromatic carbocycles. The predicted octanol–water partition coefficient (Wildman–Crippen LogP) is 3.81. The number of aryl methyl sites for hydroxylation is 1. The Morgan fingerprint density at radius 1 is 1.19 bits per heavy atom. The fraction of sp³-hybridized carbons (Fsp3) is 0.158. The zero-order chi connectivity index (χ0) is 17.7. The van der Waals surface area contributed by atoms with Crippen LogP contribution in [0.4, 0.5) is 5.13 Å². The Morgan fingerprint density at radius 2 is 1.96 bits per heavy atom. The highest BCUT2D eigenvalue weighted by molar-refractivity contribution is 7.22. The molecule has 130 valence electrons. The minimum Gasteiger partial charge on any atom is -0.486 e. The van der Waals surface area contributed by atoms with Gasteiger partial charge in [0.2, 0.25) is 0 Å². The Labute approximate surface area is 153 Å². The summed E-state index contributed by atoms with van der Waals surface area (Å²) in [4.78, 5) is 17.3. The van der Waals surface area contributed by atoms with Gasteiger partial charge in [-0.3, -0.25) is 10.1 Å². The summed E-state index contributed by atoms with van der Waals surface area (Å²) < 4.78 is 14.1. The molecule has 0 saturated heterocycles. The summed E-state index contributed by atoms with van der Waals surface area (Å²) in [7, 11) is 1.93. The third kappa shape index (κ3) is 2.40. The van der Waals surface area contributed by atoms with E-state index in [4.69, 9.17) is 9.47 Å². The van der Waals surface area contributed by atoms with Gasteiger partial charge in [0, 0.05) is 36.3 Å². The van der Waals surface area contributed by atoms with Crippen molar-refractivity contribution in [1.29, 1.82) is 0 Å². The fourth-order valence-electron chi connectivity index (χ4n) is 3.21. The van der Waals surface area contributed by atoms with Crippen molar-refractivity contribution in [3.05, 3.63) is 48.2 Å². The van der Waals surface area contributed by atoms with Gasteiger partial charge < -0.3 is 14.0 Å². The number of nitrogens with zero attached hydrogens (tertiary/aromatic N) is 2. The number of ether oxygens (including phenoxy) is 2. The van der Waals surface area contributed by atoms with E-state index in [1.54, 1.807) is 0 Å². The van der Waals surface area contributed by atoms with E-state index in [2.05, 4.69) is 10.3 Å². The molecule has 6 nitrogen and oxygen atoms in total. The number of hydrogen-bond acceptors (Lipinski definition) is 5. The van der Waals surface area contributed by atoms with E-state index in [1.165, 1.54) is 11.3 Å². The molecule has 1 amide bonds. The summed E-state index contributed by atoms with van der Waals surface area (Å²) in [6, 6.07) is 11.6. The van der Waals surface area contributed by atoms with Crippen molar-refractivity contribution in [2.45, 2.75) is 0 Å². The number of rotatable bonds is 2. The van der Waals surface area contributed by atoms with Gasteiger partial charge in [-0.25, -0.2) is 4.98 Å². The molecule has 2 aromatic heterocycles. The number of anilines is 1. The summed E-state index contributed by atoms with van der Waals surface area (Å²) in [5, 5.41) is 4.40. The number of thiazole rings is 1. The highest BCUT2D eigenvalue weighted by atomic mass is 32.1. The smallest absolute Gasteiger partial charge is 0.259 e. The third-order valence-electron chi connectivity index (χ3n) is 4.41. The Morgan fingerprint density at radius 3 is 2.81 bits per heavy atom. The van der Waals surface area contributed by atoms with E-state index < -0.39 is 0 Å². The van der Waals surface area contributed by atoms with Crippen molar-refractivity contribution < 1.29 is 14.3 Å². The lowest BCUT2D eigenvalue weighted by Gasteiger charge is -2.17. The molecule has 0 bridgehead atoms. The second-order valence-electron chi connectivity index (χ2n) is 6.11. The summed E-state index contributed by atoms with van der Waals surface area (Å²) in [6.45, 7) is 1.08. The van der Waals surface area contributed by atoms with Gasteiger partial charge in [-0.05, 0) is 6.07 Å². The molecule has 1 aliphatic heterocycles. The summed E-state index contributed by atoms with van der Waals surface area (Å²) in [5.74, 6) is 1.25. The number of aromatic nitrogens is 2. The van der Waals surface area contributed by atoms with Crippen molar-refractivity contribution >= 4 is 43.5 Å². The molecular weight excluding hydrogens is 350 g/mol. The first-order chi connectivity index (χ1) is 12.7. The molecular formula is C19H15N3O3S. The van der Waals surface area contributed by atoms with E-state index >= 15 is 0 Å². The van der Waals surface area contributed by atoms with E-state index in [0.29, 0.717) is 29.7 Å². The molecule has 0 unspecified atom stereocenters. The topological polar surface area (TPSA) is 65.4 Å². The third-order valence-corrected chi connectivity index (χ3v) is 5.35. The number of nitrogens with one attached hydrogen (secondary N) is 1. The van der Waals surface area contributed by atoms with E-state index in [0.717, 1.165) is 26.9 Å². The molecule has 0 radical (unpaired) electrons. The van der Waals surface area contributed by atoms with Crippen LogP contribution in [0.1, 0.15) is 10.4 Å². The summed E-state index contributed by atoms with van der Waals surface area (Å²) >= 11 is 1.42. The molecule has 0 saturated carbocycles. The van der Waals surface area contributed by atoms with Gasteiger partial charge in [0.15, 0.2) is 16.6 Å². The average molecular weight is 365 g/mol. The first kappa shape index (κ1) is 15.2. The van der Waals surface area contributed by atoms with Gasteiger partial charge >= 0.3 is 0 Å². The van der Waals surface area contributed by atoms with E-state index in [9.17, 15) is 4.79 Å². The predicted molar refractivity (Wildman–Crippen MR) is 101 cm³/mol. The number of carbonyl (C=O) groups excluding carboxylic acids is 1. The van der Waals surface area contributed by atoms with Crippen LogP contribution in [-0.2, 0) is 7.05 Å². The summed E-state index contributed by atoms with van der Waals surface area (Å²) in [5.41, 5.74) is 2.43. The first-order valence-electron chi connectivity index (χ1n) is 8.24. The van der Waals surface area contributed by atoms with Crippen LogP contribution in [0.25, 0.3) is 21.1 Å². The number of para-hydroxylation sites is 1. The second kappa shape index (κ2) is 5.74. The number of amides is 1. The maximum absolute atomic E-state index is 12.8. The Kier molecular flexibility index (Phi) is 3.36. The lowest BCUT2D eigenvalue weighted by Crippen LogP contribution is -2.15. The van der Waals surface area contributed by atoms with Gasteiger partial charge in [0.05, 0.1) is 15.8 Å². The van der Waals surface area contributed by atoms with Gasteiger partial charge in [-0.2, -0.15) is 0 Å². The average Bonchev–Trinajstić information content (AvgIpc) is 3.20. The Hall–Kier alpha value is -3.06. The molecule has 5 rings (SSSR count). The largest absolute Gasteiger partial charge is 0.486 e. The van der Waals surface area contributed by atoms with Crippen LogP contribution in [0.15, 0.2) is 42.6 Å². The van der Waals surface area contributed by atoms with Gasteiger partial charge in [-0.1, -0.05) is 29.5 Å². The van der Waals surface area contributed by atoms with Crippen LogP contribution in [-0.4, -0.2) is 28.7 Å². The highest BCUT2D eigenvalue weighted by Gasteiger charge is 2.18. The Bertz CT molecular complexity index is 1120. The van der Waals surface area contributed by atoms with Gasteiger partial charge in [0.25, 0.3) is 5.91 Å². The highest BCUT2D eigenvalue weighted by Crippen LogP contribution is 2.38. The molecule has 1 aliphatic rings. The molecule has 7 heteroatoms. The zero-order valence-corrected chi connectivity index (χ0v) is 14.8. The van der Waals surface area contributed by atoms with Crippen LogP contribution in [0.3, 0.4) is 0 Å². The zero-order valence-electron chi connectivity index (χ0n) is 14.0. The number of hydrogen-bond donors (Lipinski definition) is 1. The monoisotopic (exact) mass is 365 g/mol. The molecule has 0 fully saturated rings. The number of carbonyl (C=O) groups is 1. The van der Waals surface area contributed by atoms with Crippen LogP contribution in [0, 0.1) is 0 Å². The van der Waals surface area contributed by atoms with Crippen LogP contribution >= 0.6 is 11.3 Å². The Balaban J connectivity index is 1.49. The van der Waals surface area contributed by atoms with E-state index in [1.807, 2.05) is 54.2 Å². The molecule has 3 heterocycles. The quantitative estimate of drug-likeness (QED) is 0.587. The number of fused-ring (bicyclic) bond motifs is 3. The molecule has 0 atom stereocenters.